The molecule has 2 aromatic carbocycles. The molecule has 2 rings (SSSR count). The molecule has 0 heterocycles. The SMILES string of the molecule is [Au+].[C-]#Cc1ccccc1.[C-]#Cc1ccccc1. The Hall–Kier alpha value is -1.70. The summed E-state index contributed by atoms with van der Waals surface area (Å²) in [7, 11) is 0. The number of hydrogen-bond donors (Lipinski definition) is 0. The van der Waals surface area contributed by atoms with E-state index in [1.807, 2.05) is 60.7 Å². The molecule has 0 fully saturated rings. The van der Waals surface area contributed by atoms with E-state index in [-0.39, 0.29) is 22.4 Å². The summed E-state index contributed by atoms with van der Waals surface area (Å²) in [4.78, 5) is 0. The molecule has 0 aliphatic carbocycles. The van der Waals surface area contributed by atoms with Gasteiger partial charge >= 0.3 is 22.4 Å². The molecule has 0 aromatic heterocycles. The predicted octanol–water partition coefficient (Wildman–Crippen LogP) is 3.25. The van der Waals surface area contributed by atoms with Gasteiger partial charge in [-0.05, 0) is 0 Å². The minimum atomic E-state index is 0. The van der Waals surface area contributed by atoms with Gasteiger partial charge in [-0.2, -0.15) is 0 Å². The maximum atomic E-state index is 6.69. The Morgan fingerprint density at radius 2 is 0.882 bits per heavy atom. The fraction of sp³-hybridized carbons (Fsp3) is 0. The van der Waals surface area contributed by atoms with Crippen molar-refractivity contribution in [1.29, 1.82) is 0 Å². The summed E-state index contributed by atoms with van der Waals surface area (Å²) in [6.45, 7) is 0. The molecule has 0 N–H and O–H groups in total. The van der Waals surface area contributed by atoms with Crippen LogP contribution in [0.2, 0.25) is 0 Å². The number of rotatable bonds is 0. The third-order valence-electron chi connectivity index (χ3n) is 1.84. The van der Waals surface area contributed by atoms with E-state index in [9.17, 15) is 0 Å². The monoisotopic (exact) mass is 399 g/mol. The molecule has 0 unspecified atom stereocenters. The van der Waals surface area contributed by atoms with E-state index < -0.39 is 0 Å². The molecule has 86 valence electrons. The van der Waals surface area contributed by atoms with Crippen LogP contribution in [-0.2, 0) is 22.4 Å². The first-order valence-electron chi connectivity index (χ1n) is 4.82. The van der Waals surface area contributed by atoms with Gasteiger partial charge in [0.25, 0.3) is 0 Å². The average Bonchev–Trinajstić information content (AvgIpc) is 2.41. The van der Waals surface area contributed by atoms with E-state index >= 15 is 0 Å². The Morgan fingerprint density at radius 1 is 0.588 bits per heavy atom. The van der Waals surface area contributed by atoms with E-state index in [2.05, 4.69) is 11.8 Å². The fourth-order valence-electron chi connectivity index (χ4n) is 1.04. The van der Waals surface area contributed by atoms with E-state index in [1.54, 1.807) is 0 Å². The zero-order chi connectivity index (χ0) is 11.6. The summed E-state index contributed by atoms with van der Waals surface area (Å²) in [6.07, 6.45) is 13.4. The Kier molecular flexibility index (Phi) is 8.57. The second-order valence-corrected chi connectivity index (χ2v) is 2.98. The van der Waals surface area contributed by atoms with Crippen LogP contribution in [0, 0.1) is 24.7 Å². The minimum Gasteiger partial charge on any atom is -0.366 e. The molecule has 0 spiro atoms. The van der Waals surface area contributed by atoms with E-state index in [1.165, 1.54) is 0 Å². The van der Waals surface area contributed by atoms with Crippen molar-refractivity contribution in [2.75, 3.05) is 0 Å². The van der Waals surface area contributed by atoms with Gasteiger partial charge in [-0.25, -0.2) is 0 Å². The quantitative estimate of drug-likeness (QED) is 0.363. The zero-order valence-electron chi connectivity index (χ0n) is 9.08. The van der Waals surface area contributed by atoms with E-state index in [4.69, 9.17) is 12.8 Å². The topological polar surface area (TPSA) is 0 Å². The summed E-state index contributed by atoms with van der Waals surface area (Å²) in [5.41, 5.74) is 1.65. The van der Waals surface area contributed by atoms with Crippen molar-refractivity contribution in [3.05, 3.63) is 84.6 Å². The molecule has 0 aliphatic rings. The predicted molar refractivity (Wildman–Crippen MR) is 65.4 cm³/mol. The van der Waals surface area contributed by atoms with Crippen molar-refractivity contribution >= 4 is 0 Å². The molecule has 0 bridgehead atoms. The van der Waals surface area contributed by atoms with E-state index in [0.717, 1.165) is 11.1 Å². The van der Waals surface area contributed by atoms with Crippen LogP contribution in [0.4, 0.5) is 0 Å². The normalized spacial score (nSPS) is 7.41. The van der Waals surface area contributed by atoms with Gasteiger partial charge < -0.3 is 12.8 Å². The van der Waals surface area contributed by atoms with Crippen molar-refractivity contribution in [2.24, 2.45) is 0 Å². The molecule has 0 saturated carbocycles. The Labute approximate surface area is 119 Å². The molecular weight excluding hydrogens is 389 g/mol. The van der Waals surface area contributed by atoms with Crippen LogP contribution < -0.4 is 0 Å². The van der Waals surface area contributed by atoms with E-state index in [0.29, 0.717) is 0 Å². The van der Waals surface area contributed by atoms with Gasteiger partial charge in [-0.15, -0.1) is 35.4 Å². The zero-order valence-corrected chi connectivity index (χ0v) is 11.2. The molecule has 0 atom stereocenters. The van der Waals surface area contributed by atoms with Crippen LogP contribution in [0.1, 0.15) is 11.1 Å². The summed E-state index contributed by atoms with van der Waals surface area (Å²) in [5.74, 6) is 4.55. The standard InChI is InChI=1S/2C8H5.Au/c2*1-2-8-6-4-3-5-7-8;/h2*3-7H;/q2*-1;+1. The maximum absolute atomic E-state index is 6.69. The molecule has 0 nitrogen and oxygen atoms in total. The van der Waals surface area contributed by atoms with Gasteiger partial charge in [0.05, 0.1) is 0 Å². The number of hydrogen-bond acceptors (Lipinski definition) is 0. The summed E-state index contributed by atoms with van der Waals surface area (Å²) in [6, 6.07) is 18.7. The molecule has 0 saturated heterocycles. The van der Waals surface area contributed by atoms with Crippen molar-refractivity contribution in [2.45, 2.75) is 0 Å². The van der Waals surface area contributed by atoms with Crippen LogP contribution >= 0.6 is 0 Å². The van der Waals surface area contributed by atoms with Gasteiger partial charge in [0.2, 0.25) is 0 Å². The molecule has 0 aliphatic heterocycles. The summed E-state index contributed by atoms with van der Waals surface area (Å²) in [5, 5.41) is 0. The summed E-state index contributed by atoms with van der Waals surface area (Å²) >= 11 is 0. The Balaban J connectivity index is 0.000000284. The second-order valence-electron chi connectivity index (χ2n) is 2.98. The fourth-order valence-corrected chi connectivity index (χ4v) is 1.04. The molecule has 2 aromatic rings. The third-order valence-corrected chi connectivity index (χ3v) is 1.84. The van der Waals surface area contributed by atoms with Crippen LogP contribution in [0.25, 0.3) is 0 Å². The first-order chi connectivity index (χ1) is 7.86. The molecule has 0 radical (unpaired) electrons. The van der Waals surface area contributed by atoms with Gasteiger partial charge in [-0.1, -0.05) is 36.4 Å². The average molecular weight is 399 g/mol. The van der Waals surface area contributed by atoms with Crippen molar-refractivity contribution < 1.29 is 22.4 Å². The number of benzene rings is 2. The van der Waals surface area contributed by atoms with Gasteiger partial charge in [0, 0.05) is 0 Å². The minimum absolute atomic E-state index is 0. The van der Waals surface area contributed by atoms with Crippen LogP contribution in [0.15, 0.2) is 60.7 Å². The van der Waals surface area contributed by atoms with Gasteiger partial charge in [0.1, 0.15) is 0 Å². The van der Waals surface area contributed by atoms with Crippen molar-refractivity contribution in [1.82, 2.24) is 0 Å². The first kappa shape index (κ1) is 15.3. The third kappa shape index (κ3) is 6.46. The molecule has 17 heavy (non-hydrogen) atoms. The van der Waals surface area contributed by atoms with Gasteiger partial charge in [-0.3, -0.25) is 11.8 Å². The largest absolute Gasteiger partial charge is 1.00 e. The van der Waals surface area contributed by atoms with Gasteiger partial charge in [0.15, 0.2) is 0 Å². The maximum Gasteiger partial charge on any atom is 1.00 e. The van der Waals surface area contributed by atoms with Crippen LogP contribution in [0.3, 0.4) is 0 Å². The van der Waals surface area contributed by atoms with Crippen LogP contribution in [0.5, 0.6) is 0 Å². The molecule has 0 amide bonds. The second kappa shape index (κ2) is 9.52. The van der Waals surface area contributed by atoms with Crippen molar-refractivity contribution in [3.63, 3.8) is 0 Å². The smallest absolute Gasteiger partial charge is 0.366 e. The summed E-state index contributed by atoms with van der Waals surface area (Å²) < 4.78 is 0. The molecule has 1 heteroatoms. The Bertz CT molecular complexity index is 437. The Morgan fingerprint density at radius 3 is 1.06 bits per heavy atom. The first-order valence-corrected chi connectivity index (χ1v) is 4.82. The molecular formula is C16H10Au-. The van der Waals surface area contributed by atoms with Crippen LogP contribution in [-0.4, -0.2) is 0 Å². The van der Waals surface area contributed by atoms with Crippen molar-refractivity contribution in [3.8, 4) is 11.8 Å².